The molecule has 2 amide bonds. The van der Waals surface area contributed by atoms with Crippen LogP contribution in [0.2, 0.25) is 0 Å². The van der Waals surface area contributed by atoms with Gasteiger partial charge in [-0.25, -0.2) is 13.9 Å². The molecular weight excluding hydrogens is 530 g/mol. The van der Waals surface area contributed by atoms with Crippen molar-refractivity contribution in [2.24, 2.45) is 0 Å². The highest BCUT2D eigenvalue weighted by atomic mass is 19.4. The molecule has 2 aromatic heterocycles. The third-order valence-electron chi connectivity index (χ3n) is 6.98. The van der Waals surface area contributed by atoms with Crippen molar-refractivity contribution in [3.05, 3.63) is 99.2 Å². The molecule has 8 nitrogen and oxygen atoms in total. The van der Waals surface area contributed by atoms with E-state index in [-0.39, 0.29) is 41.0 Å². The smallest absolute Gasteiger partial charge is 0.347 e. The summed E-state index contributed by atoms with van der Waals surface area (Å²) in [6, 6.07) is 8.76. The van der Waals surface area contributed by atoms with Gasteiger partial charge in [-0.1, -0.05) is 24.3 Å². The summed E-state index contributed by atoms with van der Waals surface area (Å²) in [5.74, 6) is -2.35. The maximum absolute atomic E-state index is 14.4. The highest BCUT2D eigenvalue weighted by Gasteiger charge is 2.31. The van der Waals surface area contributed by atoms with Gasteiger partial charge in [0.05, 0.1) is 17.8 Å². The maximum Gasteiger partial charge on any atom is 0.416 e. The molecule has 206 valence electrons. The minimum atomic E-state index is -4.54. The van der Waals surface area contributed by atoms with Gasteiger partial charge in [0.25, 0.3) is 11.8 Å². The average Bonchev–Trinajstić information content (AvgIpc) is 3.50. The minimum absolute atomic E-state index is 0.0495. The quantitative estimate of drug-likeness (QED) is 0.265. The maximum atomic E-state index is 14.4. The molecule has 1 aliphatic rings. The van der Waals surface area contributed by atoms with Gasteiger partial charge in [0.2, 0.25) is 0 Å². The Bertz CT molecular complexity index is 1680. The van der Waals surface area contributed by atoms with E-state index in [1.54, 1.807) is 12.1 Å². The Kier molecular flexibility index (Phi) is 6.86. The summed E-state index contributed by atoms with van der Waals surface area (Å²) in [6.07, 6.45) is -2.45. The number of nitrogens with one attached hydrogen (secondary N) is 2. The van der Waals surface area contributed by atoms with E-state index in [0.717, 1.165) is 45.6 Å². The van der Waals surface area contributed by atoms with Crippen LogP contribution in [0.25, 0.3) is 5.65 Å². The summed E-state index contributed by atoms with van der Waals surface area (Å²) in [5.41, 5.74) is 1.86. The summed E-state index contributed by atoms with van der Waals surface area (Å²) in [7, 11) is 0. The van der Waals surface area contributed by atoms with E-state index in [1.165, 1.54) is 19.1 Å². The number of Topliss-reactive ketones (excluding diaryl/α,β-unsaturated/α-hetero) is 1. The topological polar surface area (TPSA) is 105 Å². The SMILES string of the molecule is CC(=O)c1ccc2c(c1C)CC[C@@H]2NC(=O)c1cc(C(=O)NCc2cccc(C(F)(F)F)c2)nc2c(F)cnn12. The van der Waals surface area contributed by atoms with E-state index < -0.39 is 29.4 Å². The molecule has 2 heterocycles. The van der Waals surface area contributed by atoms with Crippen LogP contribution in [-0.4, -0.2) is 32.2 Å². The molecule has 0 aliphatic heterocycles. The van der Waals surface area contributed by atoms with Crippen LogP contribution in [0.4, 0.5) is 17.6 Å². The first-order chi connectivity index (χ1) is 18.9. The van der Waals surface area contributed by atoms with Crippen molar-refractivity contribution >= 4 is 23.2 Å². The highest BCUT2D eigenvalue weighted by Crippen LogP contribution is 2.35. The van der Waals surface area contributed by atoms with Crippen LogP contribution in [0.1, 0.15) is 78.5 Å². The molecule has 12 heteroatoms. The van der Waals surface area contributed by atoms with E-state index in [9.17, 15) is 31.9 Å². The number of nitrogens with zero attached hydrogens (tertiary/aromatic N) is 3. The number of aromatic nitrogens is 3. The number of carbonyl (C=O) groups is 3. The van der Waals surface area contributed by atoms with Crippen molar-refractivity contribution in [2.45, 2.75) is 45.5 Å². The van der Waals surface area contributed by atoms with Crippen LogP contribution in [0.3, 0.4) is 0 Å². The zero-order valence-corrected chi connectivity index (χ0v) is 21.4. The van der Waals surface area contributed by atoms with Gasteiger partial charge in [-0.15, -0.1) is 0 Å². The fourth-order valence-corrected chi connectivity index (χ4v) is 4.99. The van der Waals surface area contributed by atoms with Crippen LogP contribution in [-0.2, 0) is 19.1 Å². The van der Waals surface area contributed by atoms with Crippen molar-refractivity contribution in [1.82, 2.24) is 25.2 Å². The average molecular weight is 554 g/mol. The first kappa shape index (κ1) is 27.0. The third-order valence-corrected chi connectivity index (χ3v) is 6.98. The number of alkyl halides is 3. The lowest BCUT2D eigenvalue weighted by molar-refractivity contribution is -0.137. The Morgan fingerprint density at radius 1 is 1.10 bits per heavy atom. The molecule has 1 atom stereocenters. The predicted octanol–water partition coefficient (Wildman–Crippen LogP) is 4.75. The Labute approximate surface area is 225 Å². The lowest BCUT2D eigenvalue weighted by Crippen LogP contribution is -2.30. The Morgan fingerprint density at radius 2 is 1.88 bits per heavy atom. The van der Waals surface area contributed by atoms with Gasteiger partial charge in [-0.2, -0.15) is 18.3 Å². The molecule has 1 aliphatic carbocycles. The minimum Gasteiger partial charge on any atom is -0.347 e. The number of benzene rings is 2. The number of amides is 2. The van der Waals surface area contributed by atoms with Crippen molar-refractivity contribution in [1.29, 1.82) is 0 Å². The van der Waals surface area contributed by atoms with Gasteiger partial charge >= 0.3 is 6.18 Å². The van der Waals surface area contributed by atoms with E-state index in [1.807, 2.05) is 6.92 Å². The highest BCUT2D eigenvalue weighted by molar-refractivity contribution is 5.99. The second kappa shape index (κ2) is 10.2. The fraction of sp³-hybridized carbons (Fsp3) is 0.250. The lowest BCUT2D eigenvalue weighted by Gasteiger charge is -2.16. The van der Waals surface area contributed by atoms with Gasteiger partial charge in [0.15, 0.2) is 17.2 Å². The Hall–Kier alpha value is -4.61. The van der Waals surface area contributed by atoms with Crippen LogP contribution < -0.4 is 10.6 Å². The van der Waals surface area contributed by atoms with Crippen LogP contribution in [0, 0.1) is 12.7 Å². The number of hydrogen-bond acceptors (Lipinski definition) is 5. The summed E-state index contributed by atoms with van der Waals surface area (Å²) in [5, 5.41) is 9.24. The summed E-state index contributed by atoms with van der Waals surface area (Å²) in [4.78, 5) is 42.1. The van der Waals surface area contributed by atoms with Gasteiger partial charge < -0.3 is 10.6 Å². The van der Waals surface area contributed by atoms with E-state index in [2.05, 4.69) is 20.7 Å². The predicted molar refractivity (Wildman–Crippen MR) is 135 cm³/mol. The monoisotopic (exact) mass is 553 g/mol. The molecule has 0 saturated carbocycles. The van der Waals surface area contributed by atoms with Crippen LogP contribution >= 0.6 is 0 Å². The molecule has 2 N–H and O–H groups in total. The zero-order chi connectivity index (χ0) is 28.8. The number of ketones is 1. The standard InChI is InChI=1S/C28H23F4N5O3/c1-14-18(15(2)38)6-7-20-19(14)8-9-22(20)36-27(40)24-11-23(35-25-21(29)13-34-37(24)25)26(39)33-12-16-4-3-5-17(10-16)28(30,31)32/h3-7,10-11,13,22H,8-9,12H2,1-2H3,(H,33,39)(H,36,40)/t22-/m0/s1. The van der Waals surface area contributed by atoms with Crippen molar-refractivity contribution in [3.63, 3.8) is 0 Å². The van der Waals surface area contributed by atoms with Gasteiger partial charge in [0.1, 0.15) is 11.4 Å². The molecule has 2 aromatic carbocycles. The van der Waals surface area contributed by atoms with E-state index in [0.29, 0.717) is 18.4 Å². The summed E-state index contributed by atoms with van der Waals surface area (Å²) < 4.78 is 54.5. The molecule has 0 radical (unpaired) electrons. The number of halogens is 4. The fourth-order valence-electron chi connectivity index (χ4n) is 4.99. The summed E-state index contributed by atoms with van der Waals surface area (Å²) >= 11 is 0. The van der Waals surface area contributed by atoms with Crippen molar-refractivity contribution in [3.8, 4) is 0 Å². The molecule has 4 aromatic rings. The number of rotatable bonds is 6. The van der Waals surface area contributed by atoms with Gasteiger partial charge in [0, 0.05) is 18.2 Å². The lowest BCUT2D eigenvalue weighted by atomic mass is 9.96. The number of hydrogen-bond donors (Lipinski definition) is 2. The Morgan fingerprint density at radius 3 is 2.60 bits per heavy atom. The molecule has 5 rings (SSSR count). The molecule has 0 saturated heterocycles. The van der Waals surface area contributed by atoms with Gasteiger partial charge in [-0.3, -0.25) is 14.4 Å². The summed E-state index contributed by atoms with van der Waals surface area (Å²) in [6.45, 7) is 3.11. The van der Waals surface area contributed by atoms with E-state index in [4.69, 9.17) is 0 Å². The molecule has 0 bridgehead atoms. The Balaban J connectivity index is 1.39. The molecule has 40 heavy (non-hydrogen) atoms. The molecule has 0 spiro atoms. The first-order valence-corrected chi connectivity index (χ1v) is 12.4. The normalized spacial score (nSPS) is 14.7. The first-order valence-electron chi connectivity index (χ1n) is 12.4. The third kappa shape index (κ3) is 5.04. The van der Waals surface area contributed by atoms with Crippen molar-refractivity contribution in [2.75, 3.05) is 0 Å². The number of fused-ring (bicyclic) bond motifs is 2. The number of carbonyl (C=O) groups excluding carboxylic acids is 3. The van der Waals surface area contributed by atoms with Crippen LogP contribution in [0.15, 0.2) is 48.7 Å². The second-order valence-corrected chi connectivity index (χ2v) is 9.56. The second-order valence-electron chi connectivity index (χ2n) is 9.56. The molecular formula is C28H23F4N5O3. The largest absolute Gasteiger partial charge is 0.416 e. The molecule has 0 fully saturated rings. The van der Waals surface area contributed by atoms with Gasteiger partial charge in [-0.05, 0) is 61.1 Å². The van der Waals surface area contributed by atoms with Crippen molar-refractivity contribution < 1.29 is 31.9 Å². The van der Waals surface area contributed by atoms with Crippen LogP contribution in [0.5, 0.6) is 0 Å². The zero-order valence-electron chi connectivity index (χ0n) is 21.4. The van der Waals surface area contributed by atoms with E-state index >= 15 is 0 Å². The molecule has 0 unspecified atom stereocenters.